The predicted octanol–water partition coefficient (Wildman–Crippen LogP) is 2.40. The van der Waals surface area contributed by atoms with Gasteiger partial charge in [-0.3, -0.25) is 0 Å². The fraction of sp³-hybridized carbons (Fsp3) is 0.455. The molecule has 0 atom stereocenters. The molecule has 2 heteroatoms. The Morgan fingerprint density at radius 1 is 1.15 bits per heavy atom. The lowest BCUT2D eigenvalue weighted by atomic mass is 10.2. The number of anilines is 1. The number of rotatable bonds is 3. The van der Waals surface area contributed by atoms with Gasteiger partial charge in [0, 0.05) is 12.2 Å². The number of hydrogen-bond donors (Lipinski definition) is 2. The van der Waals surface area contributed by atoms with Crippen molar-refractivity contribution in [2.75, 3.05) is 12.3 Å². The van der Waals surface area contributed by atoms with E-state index in [-0.39, 0.29) is 0 Å². The van der Waals surface area contributed by atoms with Crippen LogP contribution in [0.4, 0.5) is 5.69 Å². The maximum atomic E-state index is 5.53. The summed E-state index contributed by atoms with van der Waals surface area (Å²) in [5.74, 6) is 0. The average Bonchev–Trinajstić information content (AvgIpc) is 2.20. The second-order valence-electron chi connectivity index (χ2n) is 2.52. The molecule has 0 saturated carbocycles. The molecule has 2 nitrogen and oxygen atoms in total. The van der Waals surface area contributed by atoms with Gasteiger partial charge in [-0.25, -0.2) is 0 Å². The summed E-state index contributed by atoms with van der Waals surface area (Å²) in [6.45, 7) is 8.03. The molecule has 1 rings (SSSR count). The first kappa shape index (κ1) is 12.0. The van der Waals surface area contributed by atoms with Gasteiger partial charge in [0.05, 0.1) is 0 Å². The van der Waals surface area contributed by atoms with Crippen LogP contribution in [-0.4, -0.2) is 6.54 Å². The summed E-state index contributed by atoms with van der Waals surface area (Å²) in [6, 6.07) is 7.93. The Morgan fingerprint density at radius 2 is 1.69 bits per heavy atom. The van der Waals surface area contributed by atoms with Gasteiger partial charge in [0.25, 0.3) is 0 Å². The molecule has 0 heterocycles. The fourth-order valence-corrected chi connectivity index (χ4v) is 0.905. The topological polar surface area (TPSA) is 38.0 Å². The highest BCUT2D eigenvalue weighted by molar-refractivity contribution is 5.39. The fourth-order valence-electron chi connectivity index (χ4n) is 0.905. The minimum atomic E-state index is 0.824. The monoisotopic (exact) mass is 180 g/mol. The molecule has 0 aliphatic rings. The number of nitrogen functional groups attached to an aromatic ring is 1. The van der Waals surface area contributed by atoms with E-state index in [0.29, 0.717) is 0 Å². The van der Waals surface area contributed by atoms with Crippen LogP contribution in [0.25, 0.3) is 0 Å². The smallest absolute Gasteiger partial charge is 0.0314 e. The maximum Gasteiger partial charge on any atom is 0.0314 e. The summed E-state index contributed by atoms with van der Waals surface area (Å²) < 4.78 is 0. The molecule has 0 amide bonds. The first-order valence-electron chi connectivity index (χ1n) is 4.88. The molecule has 0 radical (unpaired) electrons. The van der Waals surface area contributed by atoms with Crippen molar-refractivity contribution in [3.05, 3.63) is 29.8 Å². The summed E-state index contributed by atoms with van der Waals surface area (Å²) in [4.78, 5) is 0. The van der Waals surface area contributed by atoms with E-state index in [0.717, 1.165) is 18.8 Å². The van der Waals surface area contributed by atoms with Crippen LogP contribution in [-0.2, 0) is 6.54 Å². The largest absolute Gasteiger partial charge is 0.399 e. The van der Waals surface area contributed by atoms with E-state index in [1.807, 2.05) is 38.1 Å². The highest BCUT2D eigenvalue weighted by Crippen LogP contribution is 2.04. The molecule has 0 aliphatic heterocycles. The van der Waals surface area contributed by atoms with Crippen molar-refractivity contribution in [1.29, 1.82) is 0 Å². The van der Waals surface area contributed by atoms with E-state index in [2.05, 4.69) is 12.2 Å². The molecular formula is C11H20N2. The van der Waals surface area contributed by atoms with Gasteiger partial charge < -0.3 is 11.1 Å². The van der Waals surface area contributed by atoms with Gasteiger partial charge in [0.2, 0.25) is 0 Å². The molecule has 0 fully saturated rings. The van der Waals surface area contributed by atoms with Crippen LogP contribution in [0.3, 0.4) is 0 Å². The third-order valence-electron chi connectivity index (χ3n) is 1.56. The van der Waals surface area contributed by atoms with Crippen molar-refractivity contribution < 1.29 is 0 Å². The lowest BCUT2D eigenvalue weighted by Gasteiger charge is -2.01. The molecule has 0 saturated heterocycles. The second-order valence-corrected chi connectivity index (χ2v) is 2.52. The minimum Gasteiger partial charge on any atom is -0.399 e. The molecule has 3 N–H and O–H groups in total. The SMILES string of the molecule is CC.CCNCc1ccc(N)cc1. The standard InChI is InChI=1S/C9H14N2.C2H6/c1-2-11-7-8-3-5-9(10)6-4-8;1-2/h3-6,11H,2,7,10H2,1H3;1-2H3. The van der Waals surface area contributed by atoms with Crippen molar-refractivity contribution in [1.82, 2.24) is 5.32 Å². The van der Waals surface area contributed by atoms with Gasteiger partial charge in [-0.15, -0.1) is 0 Å². The van der Waals surface area contributed by atoms with Crippen molar-refractivity contribution in [2.45, 2.75) is 27.3 Å². The summed E-state index contributed by atoms with van der Waals surface area (Å²) in [5, 5.41) is 3.24. The molecule has 13 heavy (non-hydrogen) atoms. The normalized spacial score (nSPS) is 8.85. The molecule has 1 aromatic rings. The molecule has 0 unspecified atom stereocenters. The van der Waals surface area contributed by atoms with E-state index < -0.39 is 0 Å². The molecular weight excluding hydrogens is 160 g/mol. The molecule has 0 aromatic heterocycles. The lowest BCUT2D eigenvalue weighted by molar-refractivity contribution is 0.727. The molecule has 0 aliphatic carbocycles. The van der Waals surface area contributed by atoms with Crippen molar-refractivity contribution >= 4 is 5.69 Å². The maximum absolute atomic E-state index is 5.53. The van der Waals surface area contributed by atoms with Gasteiger partial charge in [0.15, 0.2) is 0 Å². The highest BCUT2D eigenvalue weighted by Gasteiger charge is 1.89. The Hall–Kier alpha value is -1.02. The predicted molar refractivity (Wildman–Crippen MR) is 59.6 cm³/mol. The van der Waals surface area contributed by atoms with E-state index in [4.69, 9.17) is 5.73 Å². The number of hydrogen-bond acceptors (Lipinski definition) is 2. The van der Waals surface area contributed by atoms with E-state index in [1.165, 1.54) is 5.56 Å². The van der Waals surface area contributed by atoms with E-state index in [9.17, 15) is 0 Å². The lowest BCUT2D eigenvalue weighted by Crippen LogP contribution is -2.11. The van der Waals surface area contributed by atoms with Crippen molar-refractivity contribution in [2.24, 2.45) is 0 Å². The molecule has 0 bridgehead atoms. The quantitative estimate of drug-likeness (QED) is 0.701. The zero-order valence-electron chi connectivity index (χ0n) is 8.80. The van der Waals surface area contributed by atoms with Crippen LogP contribution in [0.1, 0.15) is 26.3 Å². The summed E-state index contributed by atoms with van der Waals surface area (Å²) in [6.07, 6.45) is 0. The number of nitrogens with one attached hydrogen (secondary N) is 1. The molecule has 1 aromatic carbocycles. The van der Waals surface area contributed by atoms with Crippen molar-refractivity contribution in [3.8, 4) is 0 Å². The number of nitrogens with two attached hydrogens (primary N) is 1. The Labute approximate surface area is 81.2 Å². The Morgan fingerprint density at radius 3 is 2.15 bits per heavy atom. The van der Waals surface area contributed by atoms with Crippen LogP contribution >= 0.6 is 0 Å². The van der Waals surface area contributed by atoms with Gasteiger partial charge >= 0.3 is 0 Å². The van der Waals surface area contributed by atoms with Crippen LogP contribution < -0.4 is 11.1 Å². The molecule has 0 spiro atoms. The van der Waals surface area contributed by atoms with Crippen molar-refractivity contribution in [3.63, 3.8) is 0 Å². The molecule has 74 valence electrons. The number of benzene rings is 1. The first-order chi connectivity index (χ1) is 6.33. The van der Waals surface area contributed by atoms with Gasteiger partial charge in [-0.2, -0.15) is 0 Å². The van der Waals surface area contributed by atoms with Crippen LogP contribution in [0, 0.1) is 0 Å². The Bertz CT molecular complexity index is 204. The first-order valence-corrected chi connectivity index (χ1v) is 4.88. The zero-order chi connectivity index (χ0) is 10.1. The summed E-state index contributed by atoms with van der Waals surface area (Å²) in [7, 11) is 0. The van der Waals surface area contributed by atoms with Crippen LogP contribution in [0.5, 0.6) is 0 Å². The van der Waals surface area contributed by atoms with Crippen LogP contribution in [0.15, 0.2) is 24.3 Å². The van der Waals surface area contributed by atoms with Gasteiger partial charge in [-0.05, 0) is 24.2 Å². The minimum absolute atomic E-state index is 0.824. The van der Waals surface area contributed by atoms with Gasteiger partial charge in [0.1, 0.15) is 0 Å². The van der Waals surface area contributed by atoms with E-state index >= 15 is 0 Å². The Balaban J connectivity index is 0.000000671. The summed E-state index contributed by atoms with van der Waals surface area (Å²) in [5.41, 5.74) is 7.64. The summed E-state index contributed by atoms with van der Waals surface area (Å²) >= 11 is 0. The highest BCUT2D eigenvalue weighted by atomic mass is 14.8. The average molecular weight is 180 g/mol. The third-order valence-corrected chi connectivity index (χ3v) is 1.56. The zero-order valence-corrected chi connectivity index (χ0v) is 8.80. The van der Waals surface area contributed by atoms with Gasteiger partial charge in [-0.1, -0.05) is 32.9 Å². The van der Waals surface area contributed by atoms with Crippen LogP contribution in [0.2, 0.25) is 0 Å². The third kappa shape index (κ3) is 5.26. The van der Waals surface area contributed by atoms with E-state index in [1.54, 1.807) is 0 Å². The Kier molecular flexibility index (Phi) is 7.02. The second kappa shape index (κ2) is 7.62.